The first kappa shape index (κ1) is 23.5. The van der Waals surface area contributed by atoms with Gasteiger partial charge in [-0.2, -0.15) is 5.10 Å². The second-order valence-corrected chi connectivity index (χ2v) is 10.2. The molecule has 1 aromatic carbocycles. The Labute approximate surface area is 197 Å². The first-order valence-electron chi connectivity index (χ1n) is 12.7. The van der Waals surface area contributed by atoms with Crippen LogP contribution in [0.2, 0.25) is 0 Å². The molecule has 6 heteroatoms. The summed E-state index contributed by atoms with van der Waals surface area (Å²) >= 11 is 0. The summed E-state index contributed by atoms with van der Waals surface area (Å²) < 4.78 is 1.75. The molecule has 0 radical (unpaired) electrons. The molecule has 2 amide bonds. The van der Waals surface area contributed by atoms with Crippen LogP contribution in [-0.4, -0.2) is 33.2 Å². The van der Waals surface area contributed by atoms with Gasteiger partial charge in [-0.3, -0.25) is 19.2 Å². The zero-order valence-electron chi connectivity index (χ0n) is 20.6. The first-order chi connectivity index (χ1) is 15.8. The topological polar surface area (TPSA) is 67.2 Å². The van der Waals surface area contributed by atoms with Crippen molar-refractivity contribution in [3.63, 3.8) is 0 Å². The minimum atomic E-state index is -1.06. The van der Waals surface area contributed by atoms with Crippen molar-refractivity contribution in [3.8, 4) is 0 Å². The summed E-state index contributed by atoms with van der Waals surface area (Å²) in [6.45, 7) is 8.47. The van der Waals surface area contributed by atoms with Crippen molar-refractivity contribution < 1.29 is 9.59 Å². The van der Waals surface area contributed by atoms with E-state index in [0.29, 0.717) is 12.2 Å². The third-order valence-corrected chi connectivity index (χ3v) is 7.27. The quantitative estimate of drug-likeness (QED) is 0.679. The number of anilines is 1. The molecule has 1 N–H and O–H groups in total. The molecule has 1 atom stereocenters. The number of fused-ring (bicyclic) bond motifs is 1. The summed E-state index contributed by atoms with van der Waals surface area (Å²) in [6.07, 6.45) is 8.91. The molecule has 33 heavy (non-hydrogen) atoms. The summed E-state index contributed by atoms with van der Waals surface area (Å²) in [5.74, 6) is -0.0393. The van der Waals surface area contributed by atoms with E-state index >= 15 is 0 Å². The SMILES string of the molecule is CCc1cccc(N2C(=O)c3cc(C(C)C)nn3C[C@@]2(C)C(=O)NC2CCCCCCC2)c1. The van der Waals surface area contributed by atoms with E-state index < -0.39 is 5.54 Å². The van der Waals surface area contributed by atoms with E-state index in [9.17, 15) is 9.59 Å². The van der Waals surface area contributed by atoms with Gasteiger partial charge in [0.25, 0.3) is 5.91 Å². The fourth-order valence-electron chi connectivity index (χ4n) is 5.14. The van der Waals surface area contributed by atoms with Crippen LogP contribution in [0.5, 0.6) is 0 Å². The molecule has 0 unspecified atom stereocenters. The van der Waals surface area contributed by atoms with Crippen LogP contribution in [0.3, 0.4) is 0 Å². The molecular weight excluding hydrogens is 412 g/mol. The second kappa shape index (κ2) is 9.70. The number of hydrogen-bond donors (Lipinski definition) is 1. The summed E-state index contributed by atoms with van der Waals surface area (Å²) in [5, 5.41) is 8.04. The lowest BCUT2D eigenvalue weighted by Crippen LogP contribution is -2.65. The number of nitrogens with one attached hydrogen (secondary N) is 1. The number of nitrogens with zero attached hydrogens (tertiary/aromatic N) is 3. The fourth-order valence-corrected chi connectivity index (χ4v) is 5.14. The first-order valence-corrected chi connectivity index (χ1v) is 12.7. The molecule has 1 aromatic heterocycles. The normalized spacial score (nSPS) is 22.1. The molecule has 1 aliphatic heterocycles. The third kappa shape index (κ3) is 4.71. The van der Waals surface area contributed by atoms with Crippen molar-refractivity contribution in [2.24, 2.45) is 0 Å². The Hall–Kier alpha value is -2.63. The van der Waals surface area contributed by atoms with Gasteiger partial charge in [-0.15, -0.1) is 0 Å². The Bertz CT molecular complexity index is 1000. The van der Waals surface area contributed by atoms with Gasteiger partial charge in [0.05, 0.1) is 12.2 Å². The van der Waals surface area contributed by atoms with Gasteiger partial charge >= 0.3 is 0 Å². The second-order valence-electron chi connectivity index (χ2n) is 10.2. The van der Waals surface area contributed by atoms with Crippen molar-refractivity contribution in [2.75, 3.05) is 4.90 Å². The highest BCUT2D eigenvalue weighted by atomic mass is 16.2. The van der Waals surface area contributed by atoms with E-state index in [0.717, 1.165) is 49.0 Å². The Morgan fingerprint density at radius 3 is 2.52 bits per heavy atom. The number of carbonyl (C=O) groups excluding carboxylic acids is 2. The molecule has 0 saturated heterocycles. The van der Waals surface area contributed by atoms with Crippen molar-refractivity contribution in [2.45, 2.75) is 103 Å². The molecule has 178 valence electrons. The number of amides is 2. The highest BCUT2D eigenvalue weighted by Gasteiger charge is 2.49. The zero-order valence-corrected chi connectivity index (χ0v) is 20.6. The maximum atomic E-state index is 13.9. The van der Waals surface area contributed by atoms with Crippen LogP contribution in [-0.2, 0) is 17.8 Å². The van der Waals surface area contributed by atoms with E-state index in [-0.39, 0.29) is 23.8 Å². The van der Waals surface area contributed by atoms with Crippen LogP contribution in [0.15, 0.2) is 30.3 Å². The molecule has 0 spiro atoms. The number of benzene rings is 1. The molecule has 4 rings (SSSR count). The van der Waals surface area contributed by atoms with E-state index in [1.165, 1.54) is 19.3 Å². The Kier molecular flexibility index (Phi) is 6.91. The highest BCUT2D eigenvalue weighted by Crippen LogP contribution is 2.34. The molecule has 6 nitrogen and oxygen atoms in total. The van der Waals surface area contributed by atoms with Crippen molar-refractivity contribution in [1.29, 1.82) is 0 Å². The molecule has 1 fully saturated rings. The number of aromatic nitrogens is 2. The Balaban J connectivity index is 1.72. The summed E-state index contributed by atoms with van der Waals surface area (Å²) in [6, 6.07) is 10.1. The third-order valence-electron chi connectivity index (χ3n) is 7.27. The molecule has 1 saturated carbocycles. The van der Waals surface area contributed by atoms with E-state index in [1.54, 1.807) is 9.58 Å². The number of aryl methyl sites for hydroxylation is 1. The van der Waals surface area contributed by atoms with E-state index in [2.05, 4.69) is 32.2 Å². The molecule has 2 heterocycles. The maximum absolute atomic E-state index is 13.9. The molecule has 0 bridgehead atoms. The fraction of sp³-hybridized carbons (Fsp3) is 0.593. The summed E-state index contributed by atoms with van der Waals surface area (Å²) in [7, 11) is 0. The van der Waals surface area contributed by atoms with Gasteiger partial charge in [0.2, 0.25) is 5.91 Å². The van der Waals surface area contributed by atoms with Crippen LogP contribution in [0, 0.1) is 0 Å². The lowest BCUT2D eigenvalue weighted by molar-refractivity contribution is -0.127. The highest BCUT2D eigenvalue weighted by molar-refractivity contribution is 6.11. The number of carbonyl (C=O) groups is 2. The van der Waals surface area contributed by atoms with Crippen LogP contribution >= 0.6 is 0 Å². The largest absolute Gasteiger partial charge is 0.351 e. The van der Waals surface area contributed by atoms with Gasteiger partial charge in [0, 0.05) is 11.7 Å². The van der Waals surface area contributed by atoms with Gasteiger partial charge in [0.1, 0.15) is 11.2 Å². The zero-order chi connectivity index (χ0) is 23.6. The summed E-state index contributed by atoms with van der Waals surface area (Å²) in [4.78, 5) is 29.4. The van der Waals surface area contributed by atoms with Gasteiger partial charge in [-0.1, -0.05) is 65.0 Å². The Morgan fingerprint density at radius 2 is 1.85 bits per heavy atom. The standard InChI is InChI=1S/C27H38N4O2/c1-5-20-12-11-15-22(16-20)31-25(32)24-17-23(19(2)3)29-30(24)18-27(31,4)26(33)28-21-13-9-7-6-8-10-14-21/h11-12,15-17,19,21H,5-10,13-14,18H2,1-4H3,(H,28,33)/t27-/m0/s1. The average molecular weight is 451 g/mol. The van der Waals surface area contributed by atoms with Crippen molar-refractivity contribution >= 4 is 17.5 Å². The van der Waals surface area contributed by atoms with Crippen molar-refractivity contribution in [1.82, 2.24) is 15.1 Å². The van der Waals surface area contributed by atoms with Gasteiger partial charge in [0.15, 0.2) is 0 Å². The van der Waals surface area contributed by atoms with E-state index in [1.807, 2.05) is 31.2 Å². The minimum absolute atomic E-state index is 0.0874. The van der Waals surface area contributed by atoms with E-state index in [4.69, 9.17) is 5.10 Å². The Morgan fingerprint density at radius 1 is 1.15 bits per heavy atom. The van der Waals surface area contributed by atoms with Gasteiger partial charge in [-0.05, 0) is 55.9 Å². The van der Waals surface area contributed by atoms with Crippen LogP contribution in [0.25, 0.3) is 0 Å². The smallest absolute Gasteiger partial charge is 0.277 e. The molecule has 1 aliphatic carbocycles. The van der Waals surface area contributed by atoms with Gasteiger partial charge in [-0.25, -0.2) is 0 Å². The monoisotopic (exact) mass is 450 g/mol. The minimum Gasteiger partial charge on any atom is -0.351 e. The molecular formula is C27H38N4O2. The van der Waals surface area contributed by atoms with Gasteiger partial charge < -0.3 is 5.32 Å². The van der Waals surface area contributed by atoms with Crippen LogP contribution in [0.4, 0.5) is 5.69 Å². The lowest BCUT2D eigenvalue weighted by atomic mass is 9.91. The predicted molar refractivity (Wildman–Crippen MR) is 132 cm³/mol. The molecule has 2 aliphatic rings. The van der Waals surface area contributed by atoms with Crippen LogP contribution in [0.1, 0.15) is 100 Å². The average Bonchev–Trinajstić information content (AvgIpc) is 3.20. The number of hydrogen-bond acceptors (Lipinski definition) is 3. The number of rotatable bonds is 5. The van der Waals surface area contributed by atoms with Crippen molar-refractivity contribution in [3.05, 3.63) is 47.3 Å². The maximum Gasteiger partial charge on any atom is 0.277 e. The summed E-state index contributed by atoms with van der Waals surface area (Å²) in [5.41, 5.74) is 2.29. The predicted octanol–water partition coefficient (Wildman–Crippen LogP) is 5.22. The molecule has 2 aromatic rings. The lowest BCUT2D eigenvalue weighted by Gasteiger charge is -2.44. The van der Waals surface area contributed by atoms with Crippen LogP contribution < -0.4 is 10.2 Å².